The average molecular weight is 382 g/mol. The maximum Gasteiger partial charge on any atom is 0.387 e. The number of nitrogen functional groups attached to an aromatic ring is 1. The molecule has 2 N–H and O–H groups in total. The second kappa shape index (κ2) is 5.97. The van der Waals surface area contributed by atoms with Gasteiger partial charge in [-0.3, -0.25) is 4.68 Å². The fraction of sp³-hybridized carbons (Fsp3) is 0.444. The second-order valence-corrected chi connectivity index (χ2v) is 7.17. The van der Waals surface area contributed by atoms with Crippen LogP contribution in [0.5, 0.6) is 5.75 Å². The van der Waals surface area contributed by atoms with Crippen LogP contribution < -0.4 is 10.5 Å². The van der Waals surface area contributed by atoms with E-state index in [0.717, 1.165) is 16.8 Å². The fourth-order valence-corrected chi connectivity index (χ4v) is 3.67. The summed E-state index contributed by atoms with van der Waals surface area (Å²) in [5.74, 6) is -3.19. The third-order valence-corrected chi connectivity index (χ3v) is 4.88. The van der Waals surface area contributed by atoms with Crippen LogP contribution in [0.2, 0.25) is 0 Å². The molecule has 2 aliphatic carbocycles. The Morgan fingerprint density at radius 3 is 2.63 bits per heavy atom. The monoisotopic (exact) mass is 382 g/mol. The van der Waals surface area contributed by atoms with E-state index in [9.17, 15) is 17.6 Å². The molecule has 2 heterocycles. The molecule has 2 aromatic heterocycles. The molecule has 4 rings (SSSR count). The van der Waals surface area contributed by atoms with Crippen molar-refractivity contribution in [2.24, 2.45) is 5.92 Å². The molecule has 9 heteroatoms. The standard InChI is InChI=1S/C18H18F4N4O/c1-8(2)26-13(15-10-5-18(21,22)6-11(10)15)4-12(25-26)9-3-14(27-17(19)20)16(23)24-7-9/h3-4,7-8,10,17H,5-6H2,1-2H3,(H2,23,24)/t10-/m1/s1. The summed E-state index contributed by atoms with van der Waals surface area (Å²) in [6.45, 7) is 0.850. The minimum Gasteiger partial charge on any atom is -0.431 e. The van der Waals surface area contributed by atoms with E-state index in [0.29, 0.717) is 11.3 Å². The number of halogens is 4. The number of fused-ring (bicyclic) bond motifs is 1. The number of pyridine rings is 1. The van der Waals surface area contributed by atoms with Crippen molar-refractivity contribution < 1.29 is 22.3 Å². The Morgan fingerprint density at radius 1 is 1.30 bits per heavy atom. The number of hydrogen-bond donors (Lipinski definition) is 1. The van der Waals surface area contributed by atoms with Crippen LogP contribution in [0.4, 0.5) is 23.4 Å². The van der Waals surface area contributed by atoms with Gasteiger partial charge in [0, 0.05) is 36.6 Å². The quantitative estimate of drug-likeness (QED) is 0.772. The first kappa shape index (κ1) is 17.8. The summed E-state index contributed by atoms with van der Waals surface area (Å²) in [6.07, 6.45) is 1.05. The number of anilines is 1. The van der Waals surface area contributed by atoms with E-state index < -0.39 is 12.5 Å². The van der Waals surface area contributed by atoms with Crippen molar-refractivity contribution >= 4 is 11.4 Å². The average Bonchev–Trinajstić information content (AvgIpc) is 2.94. The van der Waals surface area contributed by atoms with Gasteiger partial charge in [0.15, 0.2) is 11.6 Å². The van der Waals surface area contributed by atoms with Crippen molar-refractivity contribution in [1.82, 2.24) is 14.8 Å². The highest BCUT2D eigenvalue weighted by Crippen LogP contribution is 2.62. The molecular formula is C18H18F4N4O. The Kier molecular flexibility index (Phi) is 3.94. The minimum absolute atomic E-state index is 0.00205. The zero-order chi connectivity index (χ0) is 19.5. The molecule has 0 spiro atoms. The third-order valence-electron chi connectivity index (χ3n) is 4.88. The lowest BCUT2D eigenvalue weighted by Gasteiger charge is -2.12. The maximum absolute atomic E-state index is 13.5. The van der Waals surface area contributed by atoms with Crippen molar-refractivity contribution in [3.63, 3.8) is 0 Å². The van der Waals surface area contributed by atoms with E-state index in [2.05, 4.69) is 14.8 Å². The SMILES string of the molecule is CC(C)n1nc(-c2cnc(N)c(OC(F)F)c2)cc1C1=C2CC(F)(F)C[C@H]21. The Labute approximate surface area is 152 Å². The summed E-state index contributed by atoms with van der Waals surface area (Å²) in [6, 6.07) is 3.13. The van der Waals surface area contributed by atoms with E-state index >= 15 is 0 Å². The van der Waals surface area contributed by atoms with Gasteiger partial charge in [0.05, 0.1) is 11.4 Å². The molecule has 0 saturated heterocycles. The number of allylic oxidation sites excluding steroid dienone is 2. The number of nitrogens with zero attached hydrogens (tertiary/aromatic N) is 3. The second-order valence-electron chi connectivity index (χ2n) is 7.17. The van der Waals surface area contributed by atoms with Crippen LogP contribution in [-0.4, -0.2) is 27.3 Å². The van der Waals surface area contributed by atoms with Gasteiger partial charge in [0.1, 0.15) is 0 Å². The molecule has 0 radical (unpaired) electrons. The smallest absolute Gasteiger partial charge is 0.387 e. The van der Waals surface area contributed by atoms with Crippen LogP contribution in [0.25, 0.3) is 16.8 Å². The van der Waals surface area contributed by atoms with Crippen LogP contribution in [0.15, 0.2) is 23.9 Å². The van der Waals surface area contributed by atoms with E-state index in [1.165, 1.54) is 12.3 Å². The van der Waals surface area contributed by atoms with E-state index in [-0.39, 0.29) is 36.4 Å². The molecule has 0 unspecified atom stereocenters. The van der Waals surface area contributed by atoms with Gasteiger partial charge in [0.2, 0.25) is 0 Å². The first-order valence-corrected chi connectivity index (χ1v) is 8.57. The van der Waals surface area contributed by atoms with Crippen LogP contribution in [0, 0.1) is 5.92 Å². The normalized spacial score (nSPS) is 20.5. The molecule has 0 bridgehead atoms. The van der Waals surface area contributed by atoms with Gasteiger partial charge >= 0.3 is 6.61 Å². The van der Waals surface area contributed by atoms with Crippen molar-refractivity contribution in [3.05, 3.63) is 29.6 Å². The Hall–Kier alpha value is -2.58. The number of hydrogen-bond acceptors (Lipinski definition) is 4. The zero-order valence-electron chi connectivity index (χ0n) is 14.7. The third kappa shape index (κ3) is 3.15. The molecule has 2 aromatic rings. The first-order chi connectivity index (χ1) is 12.7. The van der Waals surface area contributed by atoms with Gasteiger partial charge in [0.25, 0.3) is 5.92 Å². The van der Waals surface area contributed by atoms with Crippen LogP contribution in [0.3, 0.4) is 0 Å². The van der Waals surface area contributed by atoms with Crippen molar-refractivity contribution in [3.8, 4) is 17.0 Å². The topological polar surface area (TPSA) is 66.0 Å². The molecule has 1 atom stereocenters. The van der Waals surface area contributed by atoms with Crippen LogP contribution in [-0.2, 0) is 0 Å². The lowest BCUT2D eigenvalue weighted by atomic mass is 10.1. The summed E-state index contributed by atoms with van der Waals surface area (Å²) in [4.78, 5) is 3.89. The number of aromatic nitrogens is 3. The summed E-state index contributed by atoms with van der Waals surface area (Å²) < 4.78 is 58.2. The van der Waals surface area contributed by atoms with Crippen molar-refractivity contribution in [2.45, 2.75) is 45.3 Å². The van der Waals surface area contributed by atoms with Crippen LogP contribution in [0.1, 0.15) is 38.4 Å². The molecule has 0 aromatic carbocycles. The number of rotatable bonds is 5. The molecule has 27 heavy (non-hydrogen) atoms. The van der Waals surface area contributed by atoms with Gasteiger partial charge in [-0.1, -0.05) is 5.57 Å². The number of nitrogens with two attached hydrogens (primary N) is 1. The Balaban J connectivity index is 1.71. The largest absolute Gasteiger partial charge is 0.431 e. The highest BCUT2D eigenvalue weighted by atomic mass is 19.3. The van der Waals surface area contributed by atoms with E-state index in [1.807, 2.05) is 13.8 Å². The minimum atomic E-state index is -3.02. The molecule has 2 aliphatic rings. The van der Waals surface area contributed by atoms with E-state index in [1.54, 1.807) is 10.7 Å². The molecular weight excluding hydrogens is 364 g/mol. The Bertz CT molecular complexity index is 935. The molecule has 5 nitrogen and oxygen atoms in total. The molecule has 0 amide bonds. The van der Waals surface area contributed by atoms with Gasteiger partial charge in [-0.15, -0.1) is 0 Å². The number of ether oxygens (including phenoxy) is 1. The maximum atomic E-state index is 13.5. The van der Waals surface area contributed by atoms with Crippen LogP contribution >= 0.6 is 0 Å². The summed E-state index contributed by atoms with van der Waals surface area (Å²) in [5, 5.41) is 4.53. The molecule has 0 aliphatic heterocycles. The van der Waals surface area contributed by atoms with Crippen molar-refractivity contribution in [1.29, 1.82) is 0 Å². The highest BCUT2D eigenvalue weighted by Gasteiger charge is 2.55. The zero-order valence-corrected chi connectivity index (χ0v) is 14.7. The number of alkyl halides is 4. The van der Waals surface area contributed by atoms with E-state index in [4.69, 9.17) is 5.73 Å². The van der Waals surface area contributed by atoms with Gasteiger partial charge in [-0.25, -0.2) is 13.8 Å². The van der Waals surface area contributed by atoms with Gasteiger partial charge in [-0.2, -0.15) is 13.9 Å². The highest BCUT2D eigenvalue weighted by molar-refractivity contribution is 5.87. The molecule has 1 fully saturated rings. The molecule has 1 saturated carbocycles. The first-order valence-electron chi connectivity index (χ1n) is 8.57. The van der Waals surface area contributed by atoms with Gasteiger partial charge in [-0.05, 0) is 31.6 Å². The molecule has 144 valence electrons. The summed E-state index contributed by atoms with van der Waals surface area (Å²) in [7, 11) is 0. The Morgan fingerprint density at radius 2 is 2.04 bits per heavy atom. The lowest BCUT2D eigenvalue weighted by Crippen LogP contribution is -2.12. The summed E-state index contributed by atoms with van der Waals surface area (Å²) >= 11 is 0. The predicted molar refractivity (Wildman–Crippen MR) is 91.5 cm³/mol. The van der Waals surface area contributed by atoms with Crippen molar-refractivity contribution in [2.75, 3.05) is 5.73 Å². The predicted octanol–water partition coefficient (Wildman–Crippen LogP) is 4.52. The van der Waals surface area contributed by atoms with Gasteiger partial charge < -0.3 is 10.5 Å². The lowest BCUT2D eigenvalue weighted by molar-refractivity contribution is -0.0494. The summed E-state index contributed by atoms with van der Waals surface area (Å²) in [5.41, 5.74) is 9.01. The fourth-order valence-electron chi connectivity index (χ4n) is 3.67.